The molecule has 0 spiro atoms. The van der Waals surface area contributed by atoms with E-state index in [1.165, 1.54) is 35.9 Å². The Morgan fingerprint density at radius 3 is 2.58 bits per heavy atom. The lowest BCUT2D eigenvalue weighted by atomic mass is 10.0. The van der Waals surface area contributed by atoms with Gasteiger partial charge in [0.25, 0.3) is 11.8 Å². The number of hydrogen-bond donors (Lipinski definition) is 6. The van der Waals surface area contributed by atoms with Crippen molar-refractivity contribution in [1.29, 1.82) is 5.41 Å². The quantitative estimate of drug-likeness (QED) is 0.0401. The molecule has 2 aliphatic rings. The van der Waals surface area contributed by atoms with E-state index in [-0.39, 0.29) is 34.7 Å². The smallest absolute Gasteiger partial charge is 0.352 e. The highest BCUT2D eigenvalue weighted by molar-refractivity contribution is 8.00. The Balaban J connectivity index is 1.20. The van der Waals surface area contributed by atoms with Gasteiger partial charge in [-0.2, -0.15) is 4.57 Å². The van der Waals surface area contributed by atoms with Gasteiger partial charge in [0.15, 0.2) is 29.8 Å². The number of nitrogen functional groups attached to an aromatic ring is 2. The lowest BCUT2D eigenvalue weighted by Gasteiger charge is -2.49. The number of thiazole rings is 1. The Morgan fingerprint density at radius 2 is 1.94 bits per heavy atom. The molecule has 5 heterocycles. The molecule has 0 saturated carbocycles. The number of nitrogens with zero attached hydrogens (tertiary/aromatic N) is 5. The number of oxime groups is 1. The summed E-state index contributed by atoms with van der Waals surface area (Å²) in [6.45, 7) is 3.26. The number of amidine groups is 1. The van der Waals surface area contributed by atoms with Crippen LogP contribution in [0.2, 0.25) is 0 Å². The minimum Gasteiger partial charge on any atom is -0.478 e. The number of nitrogens with two attached hydrogens (primary N) is 2. The van der Waals surface area contributed by atoms with E-state index < -0.39 is 46.5 Å². The van der Waals surface area contributed by atoms with Crippen molar-refractivity contribution >= 4 is 74.4 Å². The first-order valence-electron chi connectivity index (χ1n) is 15.1. The van der Waals surface area contributed by atoms with Crippen LogP contribution in [0.5, 0.6) is 0 Å². The molecule has 1 aromatic carbocycles. The van der Waals surface area contributed by atoms with Crippen molar-refractivity contribution in [3.05, 3.63) is 88.5 Å². The van der Waals surface area contributed by atoms with Gasteiger partial charge in [-0.15, -0.1) is 23.1 Å². The predicted molar refractivity (Wildman–Crippen MR) is 184 cm³/mol. The zero-order valence-electron chi connectivity index (χ0n) is 26.7. The van der Waals surface area contributed by atoms with Gasteiger partial charge in [-0.05, 0) is 25.5 Å². The number of carboxylic acids is 2. The lowest BCUT2D eigenvalue weighted by Crippen LogP contribution is -2.71. The molecule has 1 saturated heterocycles. The van der Waals surface area contributed by atoms with Gasteiger partial charge in [0.1, 0.15) is 34.2 Å². The minimum absolute atomic E-state index is 0.00284. The number of β-lactam (4-membered cyclic amide) rings is 1. The third kappa shape index (κ3) is 6.61. The Bertz CT molecular complexity index is 2120. The first-order valence-corrected chi connectivity index (χ1v) is 17.0. The van der Waals surface area contributed by atoms with E-state index in [1.54, 1.807) is 12.1 Å². The van der Waals surface area contributed by atoms with E-state index >= 15 is 0 Å². The Kier molecular flexibility index (Phi) is 9.06. The molecule has 8 N–H and O–H groups in total. The van der Waals surface area contributed by atoms with Crippen molar-refractivity contribution in [2.45, 2.75) is 44.0 Å². The molecule has 0 radical (unpaired) electrons. The fraction of sp³-hybridized carbons (Fsp3) is 0.250. The molecule has 2 atom stereocenters. The van der Waals surface area contributed by atoms with E-state index in [4.69, 9.17) is 21.7 Å². The molecular weight excluding hydrogens is 687 g/mol. The molecule has 0 aliphatic carbocycles. The number of aromatic nitrogens is 3. The molecule has 2 amide bonds. The van der Waals surface area contributed by atoms with Crippen LogP contribution in [0.3, 0.4) is 0 Å². The van der Waals surface area contributed by atoms with E-state index in [2.05, 4.69) is 20.0 Å². The van der Waals surface area contributed by atoms with Crippen molar-refractivity contribution in [1.82, 2.24) is 19.8 Å². The van der Waals surface area contributed by atoms with Crippen molar-refractivity contribution in [3.8, 4) is 0 Å². The number of hydrogen-bond acceptors (Lipinski definition) is 11. The summed E-state index contributed by atoms with van der Waals surface area (Å²) < 4.78 is 3.92. The molecule has 50 heavy (non-hydrogen) atoms. The molecule has 4 aromatic rings. The van der Waals surface area contributed by atoms with Gasteiger partial charge in [-0.3, -0.25) is 19.9 Å². The van der Waals surface area contributed by atoms with Crippen molar-refractivity contribution in [3.63, 3.8) is 0 Å². The molecule has 16 nitrogen and oxygen atoms in total. The molecule has 1 fully saturated rings. The number of rotatable bonds is 12. The van der Waals surface area contributed by atoms with Crippen molar-refractivity contribution in [2.75, 3.05) is 11.5 Å². The number of aliphatic carboxylic acids is 2. The van der Waals surface area contributed by atoms with Gasteiger partial charge < -0.3 is 36.4 Å². The second kappa shape index (κ2) is 13.3. The molecule has 18 heteroatoms. The Hall–Kier alpha value is -5.75. The van der Waals surface area contributed by atoms with Crippen LogP contribution in [0.15, 0.2) is 76.8 Å². The molecule has 6 rings (SSSR count). The average molecular weight is 719 g/mol. The topological polar surface area (TPSA) is 243 Å². The Morgan fingerprint density at radius 1 is 1.20 bits per heavy atom. The number of fused-ring (bicyclic) bond motifs is 2. The summed E-state index contributed by atoms with van der Waals surface area (Å²) in [5.41, 5.74) is 12.1. The molecule has 0 bridgehead atoms. The third-order valence-electron chi connectivity index (χ3n) is 8.16. The number of benzene rings is 1. The maximum atomic E-state index is 13.4. The van der Waals surface area contributed by atoms with Crippen LogP contribution in [-0.2, 0) is 37.1 Å². The second-order valence-corrected chi connectivity index (χ2v) is 14.0. The van der Waals surface area contributed by atoms with Crippen LogP contribution in [0.1, 0.15) is 30.7 Å². The zero-order valence-corrected chi connectivity index (χ0v) is 28.3. The zero-order chi connectivity index (χ0) is 35.9. The highest BCUT2D eigenvalue weighted by Crippen LogP contribution is 2.40. The van der Waals surface area contributed by atoms with Gasteiger partial charge in [-0.1, -0.05) is 29.4 Å². The van der Waals surface area contributed by atoms with Gasteiger partial charge in [0, 0.05) is 46.5 Å². The number of carbonyl (C=O) groups is 4. The number of carbonyl (C=O) groups excluding carboxylic acids is 2. The predicted octanol–water partition coefficient (Wildman–Crippen LogP) is 1.32. The molecular formula is C32H32N9O7S2+. The fourth-order valence-electron chi connectivity index (χ4n) is 5.42. The van der Waals surface area contributed by atoms with Gasteiger partial charge in [0.2, 0.25) is 5.60 Å². The van der Waals surface area contributed by atoms with E-state index in [1.807, 2.05) is 47.4 Å². The lowest BCUT2D eigenvalue weighted by molar-refractivity contribution is -0.687. The molecule has 258 valence electrons. The largest absolute Gasteiger partial charge is 0.478 e. The monoisotopic (exact) mass is 718 g/mol. The molecule has 2 aliphatic heterocycles. The normalized spacial score (nSPS) is 17.7. The second-order valence-electron chi connectivity index (χ2n) is 12.0. The van der Waals surface area contributed by atoms with Gasteiger partial charge >= 0.3 is 11.9 Å². The molecule has 3 aromatic heterocycles. The van der Waals surface area contributed by atoms with Crippen LogP contribution in [0.4, 0.5) is 5.13 Å². The van der Waals surface area contributed by atoms with Crippen LogP contribution in [0.25, 0.3) is 10.9 Å². The maximum absolute atomic E-state index is 13.4. The third-order valence-corrected chi connectivity index (χ3v) is 10.2. The maximum Gasteiger partial charge on any atom is 0.352 e. The highest BCUT2D eigenvalue weighted by Gasteiger charge is 2.55. The summed E-state index contributed by atoms with van der Waals surface area (Å²) in [5, 5.41) is 35.4. The van der Waals surface area contributed by atoms with Gasteiger partial charge in [-0.25, -0.2) is 14.6 Å². The fourth-order valence-corrected chi connectivity index (χ4v) is 7.31. The van der Waals surface area contributed by atoms with Crippen LogP contribution in [0, 0.1) is 5.41 Å². The average Bonchev–Trinajstić information content (AvgIpc) is 3.68. The standard InChI is InChI=1S/C32H31N9O7S2/c1-32(2,30(46)47)48-38-22(20-15-50-31(35)36-20)26(42)37-23-27(43)41-24(29(44)45)19(14-49-28(23)41)12-39-9-7-17-8-10-40(21(17)13-39)11-16-3-5-18(6-4-16)25(33)34/h3-10,13,15,23,28H,11-12,14H2,1-2H3,(H7-,33,34,35,36,37,42,44,45,46,47)/p+1/t23-,28-/m1/s1. The van der Waals surface area contributed by atoms with Gasteiger partial charge in [0.05, 0.1) is 0 Å². The highest BCUT2D eigenvalue weighted by atomic mass is 32.2. The van der Waals surface area contributed by atoms with Crippen molar-refractivity contribution < 1.29 is 38.8 Å². The number of anilines is 1. The number of pyridine rings is 1. The first-order chi connectivity index (χ1) is 23.7. The summed E-state index contributed by atoms with van der Waals surface area (Å²) >= 11 is 2.33. The summed E-state index contributed by atoms with van der Waals surface area (Å²) in [5.74, 6) is -3.82. The van der Waals surface area contributed by atoms with Crippen LogP contribution < -0.4 is 21.4 Å². The van der Waals surface area contributed by atoms with E-state index in [0.29, 0.717) is 17.7 Å². The summed E-state index contributed by atoms with van der Waals surface area (Å²) in [4.78, 5) is 61.2. The van der Waals surface area contributed by atoms with Crippen LogP contribution in [-0.4, -0.2) is 82.7 Å². The number of thioether (sulfide) groups is 1. The minimum atomic E-state index is -1.78. The summed E-state index contributed by atoms with van der Waals surface area (Å²) in [7, 11) is 0. The SMILES string of the molecule is CC(C)(ON=C(C(=O)N[C@@H]1C(=O)N2C(C(=O)O)=C(C[n+]3ccc4ccn(Cc5ccc(C(=N)N)cc5)c4c3)CS[C@H]12)c1csc(N)n1)C(=O)O. The molecule has 0 unspecified atom stereocenters. The number of carboxylic acid groups (broad SMARTS) is 2. The Labute approximate surface area is 292 Å². The number of amides is 2. The number of nitrogens with one attached hydrogen (secondary N) is 2. The van der Waals surface area contributed by atoms with E-state index in [0.717, 1.165) is 27.8 Å². The van der Waals surface area contributed by atoms with E-state index in [9.17, 15) is 29.4 Å². The summed E-state index contributed by atoms with van der Waals surface area (Å²) in [6, 6.07) is 10.2. The van der Waals surface area contributed by atoms with Crippen molar-refractivity contribution in [2.24, 2.45) is 10.9 Å². The first kappa shape index (κ1) is 34.1. The summed E-state index contributed by atoms with van der Waals surface area (Å²) in [6.07, 6.45) is 5.73. The van der Waals surface area contributed by atoms with Crippen LogP contribution >= 0.6 is 23.1 Å².